The molecule has 0 spiro atoms. The van der Waals surface area contributed by atoms with Crippen LogP contribution in [0.5, 0.6) is 0 Å². The van der Waals surface area contributed by atoms with E-state index in [-0.39, 0.29) is 29.6 Å². The first kappa shape index (κ1) is 31.4. The Bertz CT molecular complexity index is 1230. The van der Waals surface area contributed by atoms with Crippen molar-refractivity contribution in [1.29, 1.82) is 0 Å². The van der Waals surface area contributed by atoms with E-state index in [1.54, 1.807) is 12.3 Å². The molecule has 6 heteroatoms. The fourth-order valence-electron chi connectivity index (χ4n) is 6.62. The van der Waals surface area contributed by atoms with Crippen molar-refractivity contribution in [3.63, 3.8) is 0 Å². The molecule has 4 rings (SSSR count). The van der Waals surface area contributed by atoms with E-state index in [1.165, 1.54) is 5.57 Å². The van der Waals surface area contributed by atoms with Crippen LogP contribution in [0.4, 0.5) is 0 Å². The highest BCUT2D eigenvalue weighted by atomic mass is 16.2. The highest BCUT2D eigenvalue weighted by molar-refractivity contribution is 5.89. The highest BCUT2D eigenvalue weighted by Crippen LogP contribution is 2.39. The number of hydrogen-bond acceptors (Lipinski definition) is 5. The monoisotopic (exact) mass is 568 g/mol. The lowest BCUT2D eigenvalue weighted by Crippen LogP contribution is -2.48. The third-order valence-corrected chi connectivity index (χ3v) is 9.01. The number of nitrogens with zero attached hydrogens (tertiary/aromatic N) is 3. The van der Waals surface area contributed by atoms with Gasteiger partial charge in [-0.3, -0.25) is 14.6 Å². The van der Waals surface area contributed by atoms with Crippen molar-refractivity contribution in [2.75, 3.05) is 33.2 Å². The maximum atomic E-state index is 14.6. The van der Waals surface area contributed by atoms with Crippen LogP contribution >= 0.6 is 0 Å². The number of benzene rings is 1. The molecule has 2 fully saturated rings. The number of likely N-dealkylation sites (tertiary alicyclic amines) is 1. The standard InChI is InChI=1S/C36H48N4O2/c1-5-18-37-23-27(2)25-40-26-29(13-9-6-8-12-28(40)3)21-33(30-14-10-7-11-15-30)36(42)34-24-38-19-16-32(34)31-17-20-39(4)35(41)22-31/h5-7,9-11,14-15,18,23,26,31-34,38H,1,3,8,12-13,16-17,19-22,24-25H2,2,4H3/b9-6-,27-23+,29-26+,37-18-/t31?,32-,33?,34+/m1/s1. The fraction of sp³-hybridized carbons (Fsp3) is 0.472. The van der Waals surface area contributed by atoms with Gasteiger partial charge in [0, 0.05) is 69.3 Å². The van der Waals surface area contributed by atoms with Gasteiger partial charge < -0.3 is 15.1 Å². The summed E-state index contributed by atoms with van der Waals surface area (Å²) in [4.78, 5) is 35.6. The molecule has 3 aliphatic rings. The number of aliphatic imine (C=N–C) groups is 1. The number of Topliss-reactive ketones (excluding diaryl/α,β-unsaturated/α-hetero) is 1. The zero-order valence-corrected chi connectivity index (χ0v) is 25.5. The van der Waals surface area contributed by atoms with Crippen LogP contribution in [0.25, 0.3) is 0 Å². The Labute approximate surface area is 252 Å². The maximum absolute atomic E-state index is 14.6. The number of allylic oxidation sites excluding steroid dienone is 5. The summed E-state index contributed by atoms with van der Waals surface area (Å²) in [6.07, 6.45) is 17.7. The minimum Gasteiger partial charge on any atom is -0.348 e. The van der Waals surface area contributed by atoms with E-state index in [1.807, 2.05) is 36.3 Å². The van der Waals surface area contributed by atoms with Crippen LogP contribution in [-0.2, 0) is 9.59 Å². The van der Waals surface area contributed by atoms with Crippen molar-refractivity contribution in [3.8, 4) is 0 Å². The van der Waals surface area contributed by atoms with Gasteiger partial charge in [-0.15, -0.1) is 0 Å². The summed E-state index contributed by atoms with van der Waals surface area (Å²) < 4.78 is 0. The van der Waals surface area contributed by atoms with Crippen LogP contribution < -0.4 is 5.32 Å². The van der Waals surface area contributed by atoms with Crippen LogP contribution in [-0.4, -0.2) is 60.9 Å². The first-order valence-corrected chi connectivity index (χ1v) is 15.5. The van der Waals surface area contributed by atoms with Gasteiger partial charge in [0.2, 0.25) is 5.91 Å². The van der Waals surface area contributed by atoms with Gasteiger partial charge in [-0.05, 0) is 80.5 Å². The second kappa shape index (κ2) is 15.6. The van der Waals surface area contributed by atoms with Crippen LogP contribution in [0.15, 0.2) is 96.0 Å². The van der Waals surface area contributed by atoms with Gasteiger partial charge in [-0.2, -0.15) is 0 Å². The topological polar surface area (TPSA) is 65.0 Å². The van der Waals surface area contributed by atoms with E-state index in [4.69, 9.17) is 0 Å². The quantitative estimate of drug-likeness (QED) is 0.261. The Balaban J connectivity index is 1.63. The normalized spacial score (nSPS) is 27.0. The molecule has 0 aromatic heterocycles. The molecular weight excluding hydrogens is 520 g/mol. The van der Waals surface area contributed by atoms with E-state index in [2.05, 4.69) is 65.8 Å². The third kappa shape index (κ3) is 8.51. The first-order chi connectivity index (χ1) is 20.4. The molecule has 3 heterocycles. The summed E-state index contributed by atoms with van der Waals surface area (Å²) in [7, 11) is 1.89. The average molecular weight is 569 g/mol. The molecule has 2 unspecified atom stereocenters. The summed E-state index contributed by atoms with van der Waals surface area (Å²) in [6, 6.07) is 10.3. The molecule has 4 atom stereocenters. The van der Waals surface area contributed by atoms with Crippen LogP contribution in [0.3, 0.4) is 0 Å². The van der Waals surface area contributed by atoms with Crippen LogP contribution in [0.1, 0.15) is 63.4 Å². The number of rotatable bonds is 10. The molecule has 42 heavy (non-hydrogen) atoms. The van der Waals surface area contributed by atoms with Crippen molar-refractivity contribution in [1.82, 2.24) is 15.1 Å². The molecule has 1 aromatic carbocycles. The van der Waals surface area contributed by atoms with Gasteiger partial charge >= 0.3 is 0 Å². The Morgan fingerprint density at radius 3 is 2.79 bits per heavy atom. The molecule has 0 aliphatic carbocycles. The Kier molecular flexibility index (Phi) is 11.7. The second-order valence-corrected chi connectivity index (χ2v) is 12.1. The molecule has 2 saturated heterocycles. The summed E-state index contributed by atoms with van der Waals surface area (Å²) in [5, 5.41) is 3.51. The molecule has 3 aliphatic heterocycles. The lowest BCUT2D eigenvalue weighted by Gasteiger charge is -2.41. The molecule has 6 nitrogen and oxygen atoms in total. The third-order valence-electron chi connectivity index (χ3n) is 9.01. The molecule has 0 bridgehead atoms. The Morgan fingerprint density at radius 2 is 2.02 bits per heavy atom. The van der Waals surface area contributed by atoms with Gasteiger partial charge in [0.1, 0.15) is 5.78 Å². The molecule has 0 radical (unpaired) electrons. The lowest BCUT2D eigenvalue weighted by atomic mass is 9.68. The molecule has 0 saturated carbocycles. The van der Waals surface area contributed by atoms with Gasteiger partial charge in [-0.25, -0.2) is 0 Å². The minimum absolute atomic E-state index is 0.100. The number of ketones is 1. The predicted molar refractivity (Wildman–Crippen MR) is 173 cm³/mol. The lowest BCUT2D eigenvalue weighted by molar-refractivity contribution is -0.137. The molecule has 1 aromatic rings. The first-order valence-electron chi connectivity index (χ1n) is 15.5. The van der Waals surface area contributed by atoms with Crippen molar-refractivity contribution in [3.05, 3.63) is 96.5 Å². The van der Waals surface area contributed by atoms with E-state index in [0.717, 1.165) is 62.0 Å². The van der Waals surface area contributed by atoms with E-state index < -0.39 is 0 Å². The van der Waals surface area contributed by atoms with Gasteiger partial charge in [0.15, 0.2) is 0 Å². The average Bonchev–Trinajstić information content (AvgIpc) is 3.08. The van der Waals surface area contributed by atoms with E-state index >= 15 is 0 Å². The van der Waals surface area contributed by atoms with Crippen molar-refractivity contribution in [2.24, 2.45) is 22.7 Å². The number of piperidine rings is 2. The SMILES string of the molecule is C=C/C=N\C=C(/C)CN1/C=C(/CC(C(=O)[C@H]2CNCC[C@@H]2C2CCN(C)C(=O)C2)c2ccccc2)C/C=C\CCC1=C. The number of carbonyl (C=O) groups is 2. The van der Waals surface area contributed by atoms with Gasteiger partial charge in [0.25, 0.3) is 0 Å². The Hall–Kier alpha value is -3.51. The summed E-state index contributed by atoms with van der Waals surface area (Å²) in [5.41, 5.74) is 4.46. The predicted octanol–water partition coefficient (Wildman–Crippen LogP) is 6.42. The fourth-order valence-corrected chi connectivity index (χ4v) is 6.62. The maximum Gasteiger partial charge on any atom is 0.222 e. The molecule has 1 amide bonds. The largest absolute Gasteiger partial charge is 0.348 e. The van der Waals surface area contributed by atoms with Gasteiger partial charge in [-0.1, -0.05) is 61.7 Å². The highest BCUT2D eigenvalue weighted by Gasteiger charge is 2.41. The Morgan fingerprint density at radius 1 is 1.21 bits per heavy atom. The van der Waals surface area contributed by atoms with Crippen molar-refractivity contribution < 1.29 is 9.59 Å². The van der Waals surface area contributed by atoms with E-state index in [0.29, 0.717) is 31.7 Å². The second-order valence-electron chi connectivity index (χ2n) is 12.1. The number of hydrogen-bond donors (Lipinski definition) is 1. The summed E-state index contributed by atoms with van der Waals surface area (Å²) in [5.74, 6) is 0.664. The van der Waals surface area contributed by atoms with Crippen LogP contribution in [0, 0.1) is 17.8 Å². The molecule has 224 valence electrons. The molecular formula is C36H48N4O2. The van der Waals surface area contributed by atoms with E-state index in [9.17, 15) is 9.59 Å². The summed E-state index contributed by atoms with van der Waals surface area (Å²) >= 11 is 0. The molecule has 1 N–H and O–H groups in total. The van der Waals surface area contributed by atoms with Crippen LogP contribution in [0.2, 0.25) is 0 Å². The zero-order valence-electron chi connectivity index (χ0n) is 25.5. The smallest absolute Gasteiger partial charge is 0.222 e. The number of carbonyl (C=O) groups excluding carboxylic acids is 2. The zero-order chi connectivity index (χ0) is 29.9. The summed E-state index contributed by atoms with van der Waals surface area (Å²) in [6.45, 7) is 13.2. The minimum atomic E-state index is -0.245. The van der Waals surface area contributed by atoms with Crippen molar-refractivity contribution >= 4 is 17.9 Å². The van der Waals surface area contributed by atoms with Gasteiger partial charge in [0.05, 0.1) is 0 Å². The van der Waals surface area contributed by atoms with Crippen molar-refractivity contribution in [2.45, 2.75) is 57.8 Å². The number of amides is 1. The number of nitrogens with one attached hydrogen (secondary N) is 1.